The fourth-order valence-electron chi connectivity index (χ4n) is 2.20. The SMILES string of the molecule is CCNC(C)(CCCOc1ccccc1C)C(=O)OC. The standard InChI is InChI=1S/C16H25NO3/c1-5-17-16(3,15(18)19-4)11-8-12-20-14-10-7-6-9-13(14)2/h6-7,9-10,17H,5,8,11-12H2,1-4H3. The van der Waals surface area contributed by atoms with Gasteiger partial charge in [0.15, 0.2) is 0 Å². The molecule has 4 heteroatoms. The number of hydrogen-bond donors (Lipinski definition) is 1. The predicted octanol–water partition coefficient (Wildman–Crippen LogP) is 2.70. The van der Waals surface area contributed by atoms with Crippen LogP contribution in [0.1, 0.15) is 32.3 Å². The average Bonchev–Trinajstić information content (AvgIpc) is 2.44. The molecule has 0 saturated carbocycles. The molecule has 0 bridgehead atoms. The zero-order valence-corrected chi connectivity index (χ0v) is 12.9. The van der Waals surface area contributed by atoms with E-state index in [0.29, 0.717) is 13.0 Å². The van der Waals surface area contributed by atoms with Crippen LogP contribution in [-0.2, 0) is 9.53 Å². The van der Waals surface area contributed by atoms with Crippen molar-refractivity contribution in [3.05, 3.63) is 29.8 Å². The molecular weight excluding hydrogens is 254 g/mol. The van der Waals surface area contributed by atoms with Gasteiger partial charge in [-0.1, -0.05) is 25.1 Å². The molecule has 0 aliphatic carbocycles. The van der Waals surface area contributed by atoms with Gasteiger partial charge >= 0.3 is 5.97 Å². The second-order valence-electron chi connectivity index (χ2n) is 5.07. The predicted molar refractivity (Wildman–Crippen MR) is 80.0 cm³/mol. The highest BCUT2D eigenvalue weighted by atomic mass is 16.5. The molecule has 20 heavy (non-hydrogen) atoms. The van der Waals surface area contributed by atoms with Gasteiger partial charge in [-0.2, -0.15) is 0 Å². The van der Waals surface area contributed by atoms with Crippen molar-refractivity contribution in [3.8, 4) is 5.75 Å². The summed E-state index contributed by atoms with van der Waals surface area (Å²) in [4.78, 5) is 11.8. The van der Waals surface area contributed by atoms with E-state index in [1.54, 1.807) is 0 Å². The molecule has 112 valence electrons. The normalized spacial score (nSPS) is 13.6. The second-order valence-corrected chi connectivity index (χ2v) is 5.07. The van der Waals surface area contributed by atoms with Crippen LogP contribution in [0.4, 0.5) is 0 Å². The van der Waals surface area contributed by atoms with E-state index in [4.69, 9.17) is 9.47 Å². The topological polar surface area (TPSA) is 47.6 Å². The summed E-state index contributed by atoms with van der Waals surface area (Å²) in [5, 5.41) is 3.19. The molecule has 0 saturated heterocycles. The Labute approximate surface area is 121 Å². The van der Waals surface area contributed by atoms with Crippen molar-refractivity contribution < 1.29 is 14.3 Å². The van der Waals surface area contributed by atoms with Crippen molar-refractivity contribution in [2.24, 2.45) is 0 Å². The zero-order chi connectivity index (χ0) is 15.0. The van der Waals surface area contributed by atoms with Crippen molar-refractivity contribution in [3.63, 3.8) is 0 Å². The molecule has 0 aromatic heterocycles. The van der Waals surface area contributed by atoms with Gasteiger partial charge in [0.2, 0.25) is 0 Å². The van der Waals surface area contributed by atoms with Gasteiger partial charge < -0.3 is 14.8 Å². The largest absolute Gasteiger partial charge is 0.493 e. The molecule has 1 aromatic rings. The molecule has 0 heterocycles. The maximum Gasteiger partial charge on any atom is 0.325 e. The number of methoxy groups -OCH3 is 1. The lowest BCUT2D eigenvalue weighted by Gasteiger charge is -2.27. The average molecular weight is 279 g/mol. The number of ether oxygens (including phenoxy) is 2. The van der Waals surface area contributed by atoms with Crippen LogP contribution in [-0.4, -0.2) is 31.8 Å². The lowest BCUT2D eigenvalue weighted by atomic mass is 9.96. The number of benzene rings is 1. The number of hydrogen-bond acceptors (Lipinski definition) is 4. The highest BCUT2D eigenvalue weighted by Crippen LogP contribution is 2.18. The lowest BCUT2D eigenvalue weighted by Crippen LogP contribution is -2.50. The van der Waals surface area contributed by atoms with E-state index < -0.39 is 5.54 Å². The van der Waals surface area contributed by atoms with E-state index in [2.05, 4.69) is 5.32 Å². The van der Waals surface area contributed by atoms with Gasteiger partial charge in [0.05, 0.1) is 13.7 Å². The number of esters is 1. The Morgan fingerprint density at radius 3 is 2.65 bits per heavy atom. The fourth-order valence-corrected chi connectivity index (χ4v) is 2.20. The molecule has 1 unspecified atom stereocenters. The Morgan fingerprint density at radius 1 is 1.35 bits per heavy atom. The first kappa shape index (κ1) is 16.5. The molecule has 0 spiro atoms. The highest BCUT2D eigenvalue weighted by Gasteiger charge is 2.32. The summed E-state index contributed by atoms with van der Waals surface area (Å²) in [5.41, 5.74) is 0.480. The first-order valence-electron chi connectivity index (χ1n) is 7.05. The van der Waals surface area contributed by atoms with E-state index in [1.165, 1.54) is 7.11 Å². The minimum Gasteiger partial charge on any atom is -0.493 e. The molecule has 0 fully saturated rings. The summed E-state index contributed by atoms with van der Waals surface area (Å²) in [6.07, 6.45) is 1.46. The maximum absolute atomic E-state index is 11.8. The number of nitrogens with one attached hydrogen (secondary N) is 1. The summed E-state index contributed by atoms with van der Waals surface area (Å²) in [6, 6.07) is 7.92. The van der Waals surface area contributed by atoms with E-state index in [-0.39, 0.29) is 5.97 Å². The number of aryl methyl sites for hydroxylation is 1. The smallest absolute Gasteiger partial charge is 0.325 e. The third-order valence-corrected chi connectivity index (χ3v) is 3.38. The minimum absolute atomic E-state index is 0.227. The van der Waals surface area contributed by atoms with Crippen molar-refractivity contribution in [1.82, 2.24) is 5.32 Å². The van der Waals surface area contributed by atoms with E-state index >= 15 is 0 Å². The zero-order valence-electron chi connectivity index (χ0n) is 12.9. The molecule has 1 N–H and O–H groups in total. The van der Waals surface area contributed by atoms with Crippen LogP contribution in [0.25, 0.3) is 0 Å². The Balaban J connectivity index is 2.45. The molecule has 4 nitrogen and oxygen atoms in total. The molecule has 0 aliphatic rings. The van der Waals surface area contributed by atoms with E-state index in [1.807, 2.05) is 45.0 Å². The van der Waals surface area contributed by atoms with Gasteiger partial charge in [0.25, 0.3) is 0 Å². The van der Waals surface area contributed by atoms with Crippen molar-refractivity contribution in [1.29, 1.82) is 0 Å². The fraction of sp³-hybridized carbons (Fsp3) is 0.562. The van der Waals surface area contributed by atoms with E-state index in [0.717, 1.165) is 24.3 Å². The molecule has 0 amide bonds. The molecule has 1 rings (SSSR count). The summed E-state index contributed by atoms with van der Waals surface area (Å²) in [6.45, 7) is 7.18. The number of carbonyl (C=O) groups excluding carboxylic acids is 1. The highest BCUT2D eigenvalue weighted by molar-refractivity contribution is 5.80. The molecular formula is C16H25NO3. The maximum atomic E-state index is 11.8. The monoisotopic (exact) mass is 279 g/mol. The van der Waals surface area contributed by atoms with Crippen LogP contribution in [0.5, 0.6) is 5.75 Å². The van der Waals surface area contributed by atoms with Gasteiger partial charge in [-0.15, -0.1) is 0 Å². The van der Waals surface area contributed by atoms with Gasteiger partial charge in [-0.25, -0.2) is 0 Å². The number of likely N-dealkylation sites (N-methyl/N-ethyl adjacent to an activating group) is 1. The summed E-state index contributed by atoms with van der Waals surface area (Å²) >= 11 is 0. The third-order valence-electron chi connectivity index (χ3n) is 3.38. The number of rotatable bonds is 8. The first-order valence-corrected chi connectivity index (χ1v) is 7.05. The molecule has 0 radical (unpaired) electrons. The van der Waals surface area contributed by atoms with Crippen LogP contribution in [0.2, 0.25) is 0 Å². The van der Waals surface area contributed by atoms with Crippen LogP contribution < -0.4 is 10.1 Å². The molecule has 1 atom stereocenters. The Bertz CT molecular complexity index is 433. The number of para-hydroxylation sites is 1. The van der Waals surface area contributed by atoms with Crippen molar-refractivity contribution >= 4 is 5.97 Å². The van der Waals surface area contributed by atoms with E-state index in [9.17, 15) is 4.79 Å². The molecule has 0 aliphatic heterocycles. The van der Waals surface area contributed by atoms with Gasteiger partial charge in [-0.05, 0) is 44.9 Å². The lowest BCUT2D eigenvalue weighted by molar-refractivity contribution is -0.148. The van der Waals surface area contributed by atoms with Crippen molar-refractivity contribution in [2.45, 2.75) is 39.2 Å². The Morgan fingerprint density at radius 2 is 2.05 bits per heavy atom. The van der Waals surface area contributed by atoms with Gasteiger partial charge in [0, 0.05) is 0 Å². The molecule has 1 aromatic carbocycles. The van der Waals surface area contributed by atoms with Crippen LogP contribution in [0.3, 0.4) is 0 Å². The van der Waals surface area contributed by atoms with Crippen LogP contribution >= 0.6 is 0 Å². The second kappa shape index (κ2) is 7.90. The summed E-state index contributed by atoms with van der Waals surface area (Å²) in [7, 11) is 1.42. The summed E-state index contributed by atoms with van der Waals surface area (Å²) in [5.74, 6) is 0.672. The Hall–Kier alpha value is -1.55. The number of carbonyl (C=O) groups is 1. The minimum atomic E-state index is -0.640. The quantitative estimate of drug-likeness (QED) is 0.587. The Kier molecular flexibility index (Phi) is 6.52. The van der Waals surface area contributed by atoms with Gasteiger partial charge in [0.1, 0.15) is 11.3 Å². The van der Waals surface area contributed by atoms with Crippen molar-refractivity contribution in [2.75, 3.05) is 20.3 Å². The third kappa shape index (κ3) is 4.53. The van der Waals surface area contributed by atoms with Crippen LogP contribution in [0.15, 0.2) is 24.3 Å². The summed E-state index contributed by atoms with van der Waals surface area (Å²) < 4.78 is 10.6. The van der Waals surface area contributed by atoms with Crippen LogP contribution in [0, 0.1) is 6.92 Å². The first-order chi connectivity index (χ1) is 9.53. The van der Waals surface area contributed by atoms with Gasteiger partial charge in [-0.3, -0.25) is 4.79 Å².